The predicted molar refractivity (Wildman–Crippen MR) is 46.6 cm³/mol. The minimum absolute atomic E-state index is 0. The fourth-order valence-electron chi connectivity index (χ4n) is 0. The Morgan fingerprint density at radius 1 is 1.00 bits per heavy atom. The monoisotopic (exact) mass is 228 g/mol. The van der Waals surface area contributed by atoms with Crippen LogP contribution < -0.4 is 0 Å². The second-order valence-corrected chi connectivity index (χ2v) is 2.44. The molecule has 0 heterocycles. The van der Waals surface area contributed by atoms with E-state index in [1.165, 1.54) is 0 Å². The minimum atomic E-state index is -5.07. The van der Waals surface area contributed by atoms with Crippen molar-refractivity contribution >= 4 is 126 Å². The first-order valence-electron chi connectivity index (χ1n) is 1.28. The Kier molecular flexibility index (Phi) is 37.4. The zero-order valence-corrected chi connectivity index (χ0v) is 3.98. The average molecular weight is 228 g/mol. The predicted octanol–water partition coefficient (Wildman–Crippen LogP) is -2.21. The molecule has 2 N–H and O–H groups in total. The van der Waals surface area contributed by atoms with E-state index in [1.807, 2.05) is 0 Å². The van der Waals surface area contributed by atoms with E-state index < -0.39 is 13.8 Å². The molecule has 0 rings (SSSR count). The van der Waals surface area contributed by atoms with Gasteiger partial charge >= 0.3 is 132 Å². The molecule has 10 heteroatoms. The molecule has 52 valence electrons. The van der Waals surface area contributed by atoms with Crippen LogP contribution in [0.25, 0.3) is 0 Å². The van der Waals surface area contributed by atoms with Crippen molar-refractivity contribution in [3.63, 3.8) is 0 Å². The molecule has 3 nitrogen and oxygen atoms in total. The maximum atomic E-state index is 10.8. The Labute approximate surface area is 152 Å². The van der Waals surface area contributed by atoms with Gasteiger partial charge in [0.15, 0.2) is 0 Å². The average Bonchev–Trinajstić information content (AvgIpc) is 1.31. The van der Waals surface area contributed by atoms with Gasteiger partial charge in [-0.3, -0.25) is 4.57 Å². The third-order valence-corrected chi connectivity index (χ3v) is 0.763. The molecule has 0 aliphatic carbocycles. The van der Waals surface area contributed by atoms with E-state index in [9.17, 15) is 13.3 Å². The zero-order chi connectivity index (χ0) is 6.08. The summed E-state index contributed by atoms with van der Waals surface area (Å²) >= 11 is 0. The van der Waals surface area contributed by atoms with Gasteiger partial charge in [0.1, 0.15) is 0 Å². The van der Waals surface area contributed by atoms with Crippen molar-refractivity contribution in [2.45, 2.75) is 6.17 Å². The van der Waals surface area contributed by atoms with Crippen LogP contribution in [0.5, 0.6) is 0 Å². The Balaban J connectivity index is -0.0000000300. The van der Waals surface area contributed by atoms with Crippen molar-refractivity contribution in [2.24, 2.45) is 0 Å². The fraction of sp³-hybridized carbons (Fsp3) is 1.00. The summed E-state index contributed by atoms with van der Waals surface area (Å²) in [6.45, 7) is 0. The molecule has 0 amide bonds. The molecule has 0 spiro atoms. The summed E-state index contributed by atoms with van der Waals surface area (Å²) in [4.78, 5) is 14.9. The van der Waals surface area contributed by atoms with E-state index in [-0.39, 0.29) is 118 Å². The summed E-state index contributed by atoms with van der Waals surface area (Å²) in [7, 11) is -5.07. The second kappa shape index (κ2) is 14.0. The van der Waals surface area contributed by atoms with Gasteiger partial charge in [-0.15, -0.1) is 0 Å². The number of rotatable bonds is 1. The third-order valence-electron chi connectivity index (χ3n) is 0.254. The fourth-order valence-corrected chi connectivity index (χ4v) is 0. The summed E-state index contributed by atoms with van der Waals surface area (Å²) in [5.41, 5.74) is 0. The summed E-state index contributed by atoms with van der Waals surface area (Å²) in [5.74, 6) is 0. The Bertz CT molecular complexity index is 106. The van der Waals surface area contributed by atoms with Gasteiger partial charge in [-0.05, 0) is 0 Å². The first kappa shape index (κ1) is 29.4. The standard InChI is InChI=1S/CH3F2O3P.4Na.4H/c2-1(3)7(4,5)6;;;;;;;;/h1H,(H2,4,5,6);;;;;;;;. The number of hydrogen-bond acceptors (Lipinski definition) is 1. The van der Waals surface area contributed by atoms with Crippen LogP contribution in [-0.2, 0) is 4.57 Å². The normalized spacial score (nSPS) is 8.09. The van der Waals surface area contributed by atoms with Gasteiger partial charge < -0.3 is 9.79 Å². The molecule has 0 saturated carbocycles. The molecule has 0 bridgehead atoms. The van der Waals surface area contributed by atoms with Gasteiger partial charge in [0.05, 0.1) is 0 Å². The molecular weight excluding hydrogens is 221 g/mol. The molecule has 0 aromatic heterocycles. The molecule has 0 aromatic rings. The van der Waals surface area contributed by atoms with Gasteiger partial charge in [-0.25, -0.2) is 0 Å². The van der Waals surface area contributed by atoms with Crippen molar-refractivity contribution in [2.75, 3.05) is 0 Å². The number of hydrogen-bond donors (Lipinski definition) is 2. The van der Waals surface area contributed by atoms with Gasteiger partial charge in [-0.1, -0.05) is 0 Å². The van der Waals surface area contributed by atoms with Crippen LogP contribution in [0.15, 0.2) is 0 Å². The molecule has 0 atom stereocenters. The van der Waals surface area contributed by atoms with E-state index in [0.29, 0.717) is 0 Å². The second-order valence-electron chi connectivity index (χ2n) is 0.867. The van der Waals surface area contributed by atoms with Crippen LogP contribution in [0, 0.1) is 0 Å². The van der Waals surface area contributed by atoms with Crippen LogP contribution in [0.3, 0.4) is 0 Å². The van der Waals surface area contributed by atoms with Crippen LogP contribution in [0.1, 0.15) is 0 Å². The first-order valence-corrected chi connectivity index (χ1v) is 2.96. The Morgan fingerprint density at radius 3 is 1.09 bits per heavy atom. The van der Waals surface area contributed by atoms with Crippen LogP contribution >= 0.6 is 7.60 Å². The van der Waals surface area contributed by atoms with Crippen molar-refractivity contribution in [1.29, 1.82) is 0 Å². The molecule has 0 aliphatic heterocycles. The summed E-state index contributed by atoms with van der Waals surface area (Å²) in [6.07, 6.45) is -3.53. The molecule has 0 aliphatic rings. The number of alkyl halides is 2. The maximum absolute atomic E-state index is 10.8. The van der Waals surface area contributed by atoms with Crippen molar-refractivity contribution in [1.82, 2.24) is 0 Å². The van der Waals surface area contributed by atoms with E-state index in [4.69, 9.17) is 9.79 Å². The van der Waals surface area contributed by atoms with Gasteiger partial charge in [0.25, 0.3) is 0 Å². The Hall–Kier alpha value is 4.01. The zero-order valence-electron chi connectivity index (χ0n) is 3.08. The van der Waals surface area contributed by atoms with Crippen molar-refractivity contribution < 1.29 is 23.1 Å². The van der Waals surface area contributed by atoms with Gasteiger partial charge in [-0.2, -0.15) is 8.78 Å². The summed E-state index contributed by atoms with van der Waals surface area (Å²) < 4.78 is 30.8. The van der Waals surface area contributed by atoms with E-state index >= 15 is 0 Å². The van der Waals surface area contributed by atoms with Crippen LogP contribution in [-0.4, -0.2) is 134 Å². The van der Waals surface area contributed by atoms with E-state index in [1.54, 1.807) is 0 Å². The SMILES string of the molecule is O=P(O)(O)C(F)F.[NaH].[NaH].[NaH].[NaH]. The van der Waals surface area contributed by atoms with E-state index in [0.717, 1.165) is 0 Å². The third kappa shape index (κ3) is 20.2. The molecule has 0 saturated heterocycles. The summed E-state index contributed by atoms with van der Waals surface area (Å²) in [5, 5.41) is 0. The molecule has 0 aromatic carbocycles. The van der Waals surface area contributed by atoms with Gasteiger partial charge in [0.2, 0.25) is 0 Å². The molecule has 0 radical (unpaired) electrons. The summed E-state index contributed by atoms with van der Waals surface area (Å²) in [6, 6.07) is 0. The quantitative estimate of drug-likeness (QED) is 0.395. The Morgan fingerprint density at radius 2 is 1.09 bits per heavy atom. The molecule has 11 heavy (non-hydrogen) atoms. The molecule has 0 unspecified atom stereocenters. The number of halogens is 2. The van der Waals surface area contributed by atoms with E-state index in [2.05, 4.69) is 0 Å². The van der Waals surface area contributed by atoms with Crippen LogP contribution in [0.2, 0.25) is 0 Å². The van der Waals surface area contributed by atoms with Crippen molar-refractivity contribution in [3.05, 3.63) is 0 Å². The van der Waals surface area contributed by atoms with Gasteiger partial charge in [0, 0.05) is 0 Å². The van der Waals surface area contributed by atoms with Crippen molar-refractivity contribution in [3.8, 4) is 0 Å². The molecule has 0 fully saturated rings. The topological polar surface area (TPSA) is 57.5 Å². The van der Waals surface area contributed by atoms with Crippen LogP contribution in [0.4, 0.5) is 8.78 Å². The first-order chi connectivity index (χ1) is 2.94. The molecular formula is CH7F2Na4O3P.